The van der Waals surface area contributed by atoms with Crippen LogP contribution in [0.1, 0.15) is 22.8 Å². The van der Waals surface area contributed by atoms with Crippen LogP contribution >= 0.6 is 11.8 Å². The van der Waals surface area contributed by atoms with Gasteiger partial charge in [0.2, 0.25) is 0 Å². The molecule has 26 heavy (non-hydrogen) atoms. The average molecular weight is 361 g/mol. The smallest absolute Gasteiger partial charge is 0.270 e. The second-order valence-corrected chi connectivity index (χ2v) is 6.42. The van der Waals surface area contributed by atoms with E-state index in [-0.39, 0.29) is 11.3 Å². The Morgan fingerprint density at radius 1 is 1.12 bits per heavy atom. The number of rotatable bonds is 4. The lowest BCUT2D eigenvalue weighted by Crippen LogP contribution is -2.14. The van der Waals surface area contributed by atoms with E-state index in [0.717, 1.165) is 11.1 Å². The summed E-state index contributed by atoms with van der Waals surface area (Å²) in [6.07, 6.45) is 1.80. The highest BCUT2D eigenvalue weighted by molar-refractivity contribution is 7.98. The third kappa shape index (κ3) is 3.44. The minimum Gasteiger partial charge on any atom is -0.300 e. The predicted octanol–water partition coefficient (Wildman–Crippen LogP) is 3.90. The Labute approximate surface area is 154 Å². The molecule has 1 aromatic heterocycles. The van der Waals surface area contributed by atoms with E-state index < -0.39 is 5.56 Å². The molecule has 0 bridgehead atoms. The molecule has 0 saturated carbocycles. The lowest BCUT2D eigenvalue weighted by Gasteiger charge is -2.07. The fraction of sp³-hybridized carbons (Fsp3) is 0.100. The van der Waals surface area contributed by atoms with Crippen LogP contribution < -0.4 is 5.56 Å². The number of carbonyl (C=O) groups excluding carboxylic acids is 1. The highest BCUT2D eigenvalue weighted by atomic mass is 32.2. The van der Waals surface area contributed by atoms with Crippen molar-refractivity contribution in [1.82, 2.24) is 9.97 Å². The van der Waals surface area contributed by atoms with Gasteiger partial charge in [0.25, 0.3) is 5.56 Å². The minimum absolute atomic E-state index is 0.00544. The molecule has 0 saturated heterocycles. The van der Waals surface area contributed by atoms with Crippen LogP contribution in [0.25, 0.3) is 22.4 Å². The molecule has 0 atom stereocenters. The van der Waals surface area contributed by atoms with E-state index in [0.29, 0.717) is 22.0 Å². The number of hydrogen-bond donors (Lipinski definition) is 1. The van der Waals surface area contributed by atoms with Crippen LogP contribution in [0.4, 0.5) is 0 Å². The first-order chi connectivity index (χ1) is 12.5. The molecule has 3 rings (SSSR count). The number of nitrogens with one attached hydrogen (secondary N) is 1. The van der Waals surface area contributed by atoms with Gasteiger partial charge in [0.15, 0.2) is 10.9 Å². The largest absolute Gasteiger partial charge is 0.300 e. The van der Waals surface area contributed by atoms with Crippen molar-refractivity contribution in [1.29, 1.82) is 5.26 Å². The molecule has 0 aliphatic heterocycles. The number of nitrogens with zero attached hydrogens (tertiary/aromatic N) is 2. The molecule has 0 spiro atoms. The lowest BCUT2D eigenvalue weighted by molar-refractivity contribution is 0.101. The van der Waals surface area contributed by atoms with Gasteiger partial charge in [-0.05, 0) is 30.4 Å². The van der Waals surface area contributed by atoms with Gasteiger partial charge in [-0.3, -0.25) is 9.59 Å². The van der Waals surface area contributed by atoms with E-state index in [1.54, 1.807) is 12.3 Å². The summed E-state index contributed by atoms with van der Waals surface area (Å²) in [5.74, 6) is 0.0134. The highest BCUT2D eigenvalue weighted by Crippen LogP contribution is 2.26. The summed E-state index contributed by atoms with van der Waals surface area (Å²) in [6, 6.07) is 16.7. The first kappa shape index (κ1) is 17.6. The van der Waals surface area contributed by atoms with Crippen molar-refractivity contribution in [3.63, 3.8) is 0 Å². The summed E-state index contributed by atoms with van der Waals surface area (Å²) in [4.78, 5) is 30.6. The quantitative estimate of drug-likeness (QED) is 0.433. The Morgan fingerprint density at radius 2 is 1.81 bits per heavy atom. The third-order valence-electron chi connectivity index (χ3n) is 3.96. The van der Waals surface area contributed by atoms with Gasteiger partial charge in [-0.15, -0.1) is 0 Å². The number of aromatic nitrogens is 2. The van der Waals surface area contributed by atoms with Gasteiger partial charge in [-0.2, -0.15) is 5.26 Å². The van der Waals surface area contributed by atoms with Crippen LogP contribution in [-0.4, -0.2) is 22.0 Å². The molecule has 0 amide bonds. The maximum atomic E-state index is 12.1. The molecule has 2 aromatic carbocycles. The van der Waals surface area contributed by atoms with Crippen LogP contribution in [0.2, 0.25) is 0 Å². The first-order valence-electron chi connectivity index (χ1n) is 7.83. The second-order valence-electron chi connectivity index (χ2n) is 5.62. The number of Topliss-reactive ketones (excluding diaryl/α,β-unsaturated/α-hetero) is 1. The number of aromatic amines is 1. The topological polar surface area (TPSA) is 86.6 Å². The van der Waals surface area contributed by atoms with E-state index in [1.807, 2.05) is 48.5 Å². The fourth-order valence-corrected chi connectivity index (χ4v) is 2.98. The van der Waals surface area contributed by atoms with Crippen molar-refractivity contribution >= 4 is 17.5 Å². The Balaban J connectivity index is 2.05. The molecule has 6 heteroatoms. The zero-order valence-corrected chi connectivity index (χ0v) is 15.1. The van der Waals surface area contributed by atoms with E-state index in [4.69, 9.17) is 0 Å². The molecule has 0 unspecified atom stereocenters. The highest BCUT2D eigenvalue weighted by Gasteiger charge is 2.13. The summed E-state index contributed by atoms with van der Waals surface area (Å²) in [6.45, 7) is 1.54. The molecule has 0 radical (unpaired) electrons. The first-order valence-corrected chi connectivity index (χ1v) is 9.06. The molecular formula is C20H15N3O2S. The molecule has 1 heterocycles. The maximum Gasteiger partial charge on any atom is 0.270 e. The lowest BCUT2D eigenvalue weighted by atomic mass is 9.99. The van der Waals surface area contributed by atoms with Crippen LogP contribution in [0.15, 0.2) is 58.5 Å². The van der Waals surface area contributed by atoms with Crippen LogP contribution in [0, 0.1) is 11.3 Å². The van der Waals surface area contributed by atoms with E-state index in [1.165, 1.54) is 18.7 Å². The van der Waals surface area contributed by atoms with Gasteiger partial charge >= 0.3 is 0 Å². The molecule has 3 aromatic rings. The normalized spacial score (nSPS) is 10.3. The minimum atomic E-state index is -0.444. The zero-order chi connectivity index (χ0) is 18.7. The molecule has 0 aliphatic rings. The summed E-state index contributed by atoms with van der Waals surface area (Å²) in [5.41, 5.74) is 3.12. The van der Waals surface area contributed by atoms with Gasteiger partial charge in [-0.25, -0.2) is 4.98 Å². The fourth-order valence-electron chi connectivity index (χ4n) is 2.60. The standard InChI is InChI=1S/C20H15N3O2S/c1-12(24)15-4-3-5-16(10-15)13-6-8-14(9-7-13)18-17(11-21)19(25)23-20(22-18)26-2/h3-10H,1-2H3,(H,22,23,25). The number of ketones is 1. The number of nitriles is 1. The van der Waals surface area contributed by atoms with E-state index >= 15 is 0 Å². The van der Waals surface area contributed by atoms with Crippen LogP contribution in [0.5, 0.6) is 0 Å². The van der Waals surface area contributed by atoms with Gasteiger partial charge < -0.3 is 4.98 Å². The van der Waals surface area contributed by atoms with Crippen molar-refractivity contribution in [3.05, 3.63) is 70.0 Å². The van der Waals surface area contributed by atoms with Crippen LogP contribution in [0.3, 0.4) is 0 Å². The molecule has 1 N–H and O–H groups in total. The van der Waals surface area contributed by atoms with Crippen molar-refractivity contribution < 1.29 is 4.79 Å². The summed E-state index contributed by atoms with van der Waals surface area (Å²) < 4.78 is 0. The molecule has 5 nitrogen and oxygen atoms in total. The maximum absolute atomic E-state index is 12.1. The third-order valence-corrected chi connectivity index (χ3v) is 4.54. The van der Waals surface area contributed by atoms with E-state index in [2.05, 4.69) is 9.97 Å². The van der Waals surface area contributed by atoms with Crippen LogP contribution in [-0.2, 0) is 0 Å². The molecular weight excluding hydrogens is 346 g/mol. The molecule has 0 aliphatic carbocycles. The van der Waals surface area contributed by atoms with Crippen molar-refractivity contribution in [2.75, 3.05) is 6.26 Å². The van der Waals surface area contributed by atoms with Gasteiger partial charge in [-0.1, -0.05) is 54.2 Å². The number of benzene rings is 2. The summed E-state index contributed by atoms with van der Waals surface area (Å²) >= 11 is 1.31. The van der Waals surface area contributed by atoms with Gasteiger partial charge in [0, 0.05) is 11.1 Å². The Morgan fingerprint density at radius 3 is 2.42 bits per heavy atom. The SMILES string of the molecule is CSc1nc(-c2ccc(-c3cccc(C(C)=O)c3)cc2)c(C#N)c(=O)[nH]1. The molecule has 0 fully saturated rings. The number of carbonyl (C=O) groups is 1. The average Bonchev–Trinajstić information content (AvgIpc) is 2.67. The monoisotopic (exact) mass is 361 g/mol. The van der Waals surface area contributed by atoms with Crippen molar-refractivity contribution in [2.45, 2.75) is 12.1 Å². The molecule has 128 valence electrons. The van der Waals surface area contributed by atoms with Crippen molar-refractivity contribution in [2.24, 2.45) is 0 Å². The Bertz CT molecular complexity index is 1080. The van der Waals surface area contributed by atoms with Gasteiger partial charge in [0.05, 0.1) is 5.69 Å². The predicted molar refractivity (Wildman–Crippen MR) is 102 cm³/mol. The Hall–Kier alpha value is -3.17. The second kappa shape index (κ2) is 7.38. The number of hydrogen-bond acceptors (Lipinski definition) is 5. The van der Waals surface area contributed by atoms with E-state index in [9.17, 15) is 14.9 Å². The number of thioether (sulfide) groups is 1. The zero-order valence-electron chi connectivity index (χ0n) is 14.2. The summed E-state index contributed by atoms with van der Waals surface area (Å²) in [7, 11) is 0. The Kier molecular flexibility index (Phi) is 5.01. The number of H-pyrrole nitrogens is 1. The van der Waals surface area contributed by atoms with Gasteiger partial charge in [0.1, 0.15) is 11.6 Å². The van der Waals surface area contributed by atoms with Crippen molar-refractivity contribution in [3.8, 4) is 28.5 Å². The summed E-state index contributed by atoms with van der Waals surface area (Å²) in [5, 5.41) is 9.75.